The zero-order chi connectivity index (χ0) is 17.2. The first-order valence-corrected chi connectivity index (χ1v) is 8.21. The lowest BCUT2D eigenvalue weighted by atomic mass is 10.2. The van der Waals surface area contributed by atoms with E-state index in [0.29, 0.717) is 27.3 Å². The van der Waals surface area contributed by atoms with Crippen LogP contribution in [0.4, 0.5) is 11.5 Å². The number of halogens is 2. The van der Waals surface area contributed by atoms with Crippen molar-refractivity contribution in [1.29, 1.82) is 0 Å². The van der Waals surface area contributed by atoms with Gasteiger partial charge in [-0.05, 0) is 42.5 Å². The normalized spacial score (nSPS) is 10.8. The Morgan fingerprint density at radius 3 is 2.36 bits per heavy atom. The molecule has 0 aliphatic carbocycles. The van der Waals surface area contributed by atoms with Crippen LogP contribution < -0.4 is 5.32 Å². The lowest BCUT2D eigenvalue weighted by molar-refractivity contribution is 1.18. The predicted octanol–water partition coefficient (Wildman–Crippen LogP) is 5.14. The Bertz CT molecular complexity index is 1030. The number of pyridine rings is 2. The maximum absolute atomic E-state index is 6.11. The van der Waals surface area contributed by atoms with Crippen LogP contribution in [0.1, 0.15) is 0 Å². The van der Waals surface area contributed by atoms with Crippen molar-refractivity contribution in [2.75, 3.05) is 5.32 Å². The number of hydrogen-bond acceptors (Lipinski definition) is 5. The Morgan fingerprint density at radius 1 is 0.840 bits per heavy atom. The third kappa shape index (κ3) is 3.38. The summed E-state index contributed by atoms with van der Waals surface area (Å²) in [5, 5.41) is 5.15. The number of benzene rings is 1. The van der Waals surface area contributed by atoms with Gasteiger partial charge in [-0.3, -0.25) is 4.98 Å². The fraction of sp³-hybridized carbons (Fsp3) is 0. The molecule has 0 aliphatic rings. The first-order valence-electron chi connectivity index (χ1n) is 7.45. The van der Waals surface area contributed by atoms with Gasteiger partial charge in [0.15, 0.2) is 11.5 Å². The Kier molecular flexibility index (Phi) is 4.17. The third-order valence-electron chi connectivity index (χ3n) is 3.54. The van der Waals surface area contributed by atoms with Crippen LogP contribution in [0.2, 0.25) is 10.0 Å². The van der Waals surface area contributed by atoms with Crippen molar-refractivity contribution in [2.24, 2.45) is 0 Å². The highest BCUT2D eigenvalue weighted by Crippen LogP contribution is 2.29. The van der Waals surface area contributed by atoms with Gasteiger partial charge in [-0.25, -0.2) is 15.0 Å². The standard InChI is InChI=1S/C18H11Cl2N5/c19-12-8-11(9-13(20)10-12)16-24-17-15(2-1-5-22-17)18(25-16)23-14-3-6-21-7-4-14/h1-10H,(H,21,22,23,24,25). The topological polar surface area (TPSA) is 63.6 Å². The van der Waals surface area contributed by atoms with Crippen molar-refractivity contribution in [3.8, 4) is 11.4 Å². The highest BCUT2D eigenvalue weighted by Gasteiger charge is 2.11. The van der Waals surface area contributed by atoms with Gasteiger partial charge in [-0.1, -0.05) is 23.2 Å². The van der Waals surface area contributed by atoms with Crippen molar-refractivity contribution in [3.05, 3.63) is 71.1 Å². The van der Waals surface area contributed by atoms with Crippen LogP contribution in [-0.4, -0.2) is 19.9 Å². The molecule has 3 aromatic heterocycles. The highest BCUT2D eigenvalue weighted by atomic mass is 35.5. The van der Waals surface area contributed by atoms with Crippen molar-refractivity contribution < 1.29 is 0 Å². The molecule has 0 aliphatic heterocycles. The monoisotopic (exact) mass is 367 g/mol. The summed E-state index contributed by atoms with van der Waals surface area (Å²) in [5.74, 6) is 1.14. The summed E-state index contributed by atoms with van der Waals surface area (Å²) in [6, 6.07) is 12.7. The Balaban J connectivity index is 1.89. The van der Waals surface area contributed by atoms with Gasteiger partial charge >= 0.3 is 0 Å². The van der Waals surface area contributed by atoms with E-state index in [1.54, 1.807) is 36.8 Å². The van der Waals surface area contributed by atoms with E-state index in [1.807, 2.05) is 24.3 Å². The number of fused-ring (bicyclic) bond motifs is 1. The minimum absolute atomic E-state index is 0.493. The van der Waals surface area contributed by atoms with Gasteiger partial charge in [-0.15, -0.1) is 0 Å². The molecule has 7 heteroatoms. The molecular formula is C18H11Cl2N5. The summed E-state index contributed by atoms with van der Waals surface area (Å²) in [7, 11) is 0. The Hall–Kier alpha value is -2.76. The minimum Gasteiger partial charge on any atom is -0.339 e. The van der Waals surface area contributed by atoms with E-state index in [2.05, 4.69) is 25.3 Å². The molecule has 122 valence electrons. The van der Waals surface area contributed by atoms with E-state index in [4.69, 9.17) is 23.2 Å². The first kappa shape index (κ1) is 15.7. The molecule has 4 aromatic rings. The van der Waals surface area contributed by atoms with Gasteiger partial charge in [-0.2, -0.15) is 0 Å². The molecule has 0 fully saturated rings. The maximum Gasteiger partial charge on any atom is 0.165 e. The molecule has 0 saturated carbocycles. The van der Waals surface area contributed by atoms with Gasteiger partial charge in [0.2, 0.25) is 0 Å². The van der Waals surface area contributed by atoms with Crippen LogP contribution in [0.3, 0.4) is 0 Å². The van der Waals surface area contributed by atoms with Crippen molar-refractivity contribution in [3.63, 3.8) is 0 Å². The number of nitrogens with zero attached hydrogens (tertiary/aromatic N) is 4. The molecule has 0 amide bonds. The summed E-state index contributed by atoms with van der Waals surface area (Å²) >= 11 is 12.2. The van der Waals surface area contributed by atoms with E-state index in [9.17, 15) is 0 Å². The fourth-order valence-electron chi connectivity index (χ4n) is 2.44. The highest BCUT2D eigenvalue weighted by molar-refractivity contribution is 6.35. The molecule has 3 heterocycles. The van der Waals surface area contributed by atoms with Gasteiger partial charge in [0.25, 0.3) is 0 Å². The number of rotatable bonds is 3. The summed E-state index contributed by atoms with van der Waals surface area (Å²) in [6.45, 7) is 0. The Labute approximate surface area is 153 Å². The average Bonchev–Trinajstić information content (AvgIpc) is 2.62. The van der Waals surface area contributed by atoms with Crippen LogP contribution in [0.5, 0.6) is 0 Å². The quantitative estimate of drug-likeness (QED) is 0.543. The van der Waals surface area contributed by atoms with Crippen molar-refractivity contribution in [1.82, 2.24) is 19.9 Å². The summed E-state index contributed by atoms with van der Waals surface area (Å²) in [5.41, 5.74) is 2.18. The molecule has 0 unspecified atom stereocenters. The van der Waals surface area contributed by atoms with Crippen LogP contribution in [0.25, 0.3) is 22.4 Å². The van der Waals surface area contributed by atoms with E-state index in [1.165, 1.54) is 0 Å². The molecule has 5 nitrogen and oxygen atoms in total. The molecule has 0 saturated heterocycles. The molecular weight excluding hydrogens is 357 g/mol. The van der Waals surface area contributed by atoms with Crippen LogP contribution in [0.15, 0.2) is 61.1 Å². The lowest BCUT2D eigenvalue weighted by Crippen LogP contribution is -2.00. The molecule has 1 N–H and O–H groups in total. The molecule has 4 rings (SSSR count). The smallest absolute Gasteiger partial charge is 0.165 e. The third-order valence-corrected chi connectivity index (χ3v) is 3.97. The number of hydrogen-bond donors (Lipinski definition) is 1. The SMILES string of the molecule is Clc1cc(Cl)cc(-c2nc(Nc3ccncc3)c3cccnc3n2)c1. The zero-order valence-corrected chi connectivity index (χ0v) is 14.3. The second-order valence-electron chi connectivity index (χ2n) is 5.29. The predicted molar refractivity (Wildman–Crippen MR) is 100 cm³/mol. The maximum atomic E-state index is 6.11. The van der Waals surface area contributed by atoms with Crippen LogP contribution in [0, 0.1) is 0 Å². The summed E-state index contributed by atoms with van der Waals surface area (Å²) in [4.78, 5) is 17.6. The first-order chi connectivity index (χ1) is 12.2. The number of nitrogens with one attached hydrogen (secondary N) is 1. The molecule has 0 spiro atoms. The molecule has 1 aromatic carbocycles. The van der Waals surface area contributed by atoms with Crippen LogP contribution >= 0.6 is 23.2 Å². The molecule has 0 atom stereocenters. The van der Waals surface area contributed by atoms with Gasteiger partial charge in [0.1, 0.15) is 5.82 Å². The molecule has 0 radical (unpaired) electrons. The van der Waals surface area contributed by atoms with Crippen molar-refractivity contribution >= 4 is 45.7 Å². The Morgan fingerprint density at radius 2 is 1.60 bits per heavy atom. The van der Waals surface area contributed by atoms with Crippen molar-refractivity contribution in [2.45, 2.75) is 0 Å². The van der Waals surface area contributed by atoms with Gasteiger partial charge in [0, 0.05) is 39.9 Å². The minimum atomic E-state index is 0.493. The lowest BCUT2D eigenvalue weighted by Gasteiger charge is -2.10. The average molecular weight is 368 g/mol. The summed E-state index contributed by atoms with van der Waals surface area (Å²) < 4.78 is 0. The van der Waals surface area contributed by atoms with Gasteiger partial charge < -0.3 is 5.32 Å². The number of aromatic nitrogens is 4. The van der Waals surface area contributed by atoms with Crippen LogP contribution in [-0.2, 0) is 0 Å². The fourth-order valence-corrected chi connectivity index (χ4v) is 2.97. The molecule has 25 heavy (non-hydrogen) atoms. The second kappa shape index (κ2) is 6.63. The number of anilines is 2. The largest absolute Gasteiger partial charge is 0.339 e. The second-order valence-corrected chi connectivity index (χ2v) is 6.16. The zero-order valence-electron chi connectivity index (χ0n) is 12.8. The van der Waals surface area contributed by atoms with E-state index >= 15 is 0 Å². The van der Waals surface area contributed by atoms with E-state index in [0.717, 1.165) is 16.6 Å². The van der Waals surface area contributed by atoms with E-state index in [-0.39, 0.29) is 0 Å². The van der Waals surface area contributed by atoms with E-state index < -0.39 is 0 Å². The summed E-state index contributed by atoms with van der Waals surface area (Å²) in [6.07, 6.45) is 5.11. The van der Waals surface area contributed by atoms with Gasteiger partial charge in [0.05, 0.1) is 5.39 Å². The molecule has 0 bridgehead atoms.